The summed E-state index contributed by atoms with van der Waals surface area (Å²) in [6.45, 7) is 1.55. The molecule has 1 atom stereocenters. The Morgan fingerprint density at radius 3 is 3.32 bits per heavy atom. The van der Waals surface area contributed by atoms with Crippen LogP contribution in [0.3, 0.4) is 0 Å². The SMILES string of the molecule is COc1nsc(CNC2CCc3ncnn3C2)c1Cl. The smallest absolute Gasteiger partial charge is 0.244 e. The number of aryl methyl sites for hydroxylation is 1. The lowest BCUT2D eigenvalue weighted by atomic mass is 10.1. The van der Waals surface area contributed by atoms with Gasteiger partial charge in [-0.2, -0.15) is 9.47 Å². The molecular formula is C11H14ClN5OS. The first-order chi connectivity index (χ1) is 9.28. The second-order valence-corrected chi connectivity index (χ2v) is 5.64. The van der Waals surface area contributed by atoms with E-state index in [1.54, 1.807) is 13.4 Å². The Labute approximate surface area is 119 Å². The van der Waals surface area contributed by atoms with Gasteiger partial charge in [-0.25, -0.2) is 9.67 Å². The maximum atomic E-state index is 6.16. The fourth-order valence-electron chi connectivity index (χ4n) is 2.17. The Bertz CT molecular complexity index is 569. The molecule has 1 unspecified atom stereocenters. The van der Waals surface area contributed by atoms with Crippen molar-refractivity contribution in [2.75, 3.05) is 7.11 Å². The van der Waals surface area contributed by atoms with Gasteiger partial charge < -0.3 is 10.1 Å². The number of halogens is 1. The molecular weight excluding hydrogens is 286 g/mol. The number of fused-ring (bicyclic) bond motifs is 1. The Morgan fingerprint density at radius 1 is 1.63 bits per heavy atom. The zero-order valence-electron chi connectivity index (χ0n) is 10.5. The summed E-state index contributed by atoms with van der Waals surface area (Å²) < 4.78 is 11.2. The highest BCUT2D eigenvalue weighted by atomic mass is 35.5. The highest BCUT2D eigenvalue weighted by molar-refractivity contribution is 7.06. The largest absolute Gasteiger partial charge is 0.479 e. The predicted octanol–water partition coefficient (Wildman–Crippen LogP) is 1.50. The summed E-state index contributed by atoms with van der Waals surface area (Å²) in [7, 11) is 1.57. The topological polar surface area (TPSA) is 64.9 Å². The van der Waals surface area contributed by atoms with E-state index in [1.165, 1.54) is 11.5 Å². The molecule has 0 aliphatic carbocycles. The van der Waals surface area contributed by atoms with Crippen LogP contribution >= 0.6 is 23.1 Å². The molecule has 19 heavy (non-hydrogen) atoms. The minimum atomic E-state index is 0.387. The number of nitrogens with zero attached hydrogens (tertiary/aromatic N) is 4. The molecule has 6 nitrogen and oxygen atoms in total. The van der Waals surface area contributed by atoms with Crippen LogP contribution in [0.5, 0.6) is 5.88 Å². The first kappa shape index (κ1) is 12.8. The van der Waals surface area contributed by atoms with Crippen LogP contribution in [0.25, 0.3) is 0 Å². The molecule has 0 aromatic carbocycles. The third-order valence-corrected chi connectivity index (χ3v) is 4.55. The molecule has 8 heteroatoms. The lowest BCUT2D eigenvalue weighted by Gasteiger charge is -2.23. The van der Waals surface area contributed by atoms with E-state index in [-0.39, 0.29) is 0 Å². The molecule has 0 bridgehead atoms. The van der Waals surface area contributed by atoms with Crippen molar-refractivity contribution in [3.8, 4) is 5.88 Å². The Kier molecular flexibility index (Phi) is 3.67. The lowest BCUT2D eigenvalue weighted by molar-refractivity contribution is 0.358. The molecule has 0 radical (unpaired) electrons. The van der Waals surface area contributed by atoms with E-state index in [0.29, 0.717) is 23.5 Å². The van der Waals surface area contributed by atoms with Gasteiger partial charge in [0.25, 0.3) is 0 Å². The average molecular weight is 300 g/mol. The van der Waals surface area contributed by atoms with Crippen LogP contribution < -0.4 is 10.1 Å². The summed E-state index contributed by atoms with van der Waals surface area (Å²) in [5.74, 6) is 1.57. The monoisotopic (exact) mass is 299 g/mol. The number of hydrogen-bond acceptors (Lipinski definition) is 6. The molecule has 0 spiro atoms. The van der Waals surface area contributed by atoms with E-state index >= 15 is 0 Å². The molecule has 1 aliphatic rings. The predicted molar refractivity (Wildman–Crippen MR) is 72.6 cm³/mol. The summed E-state index contributed by atoms with van der Waals surface area (Å²) >= 11 is 7.53. The van der Waals surface area contributed by atoms with Gasteiger partial charge in [0, 0.05) is 19.0 Å². The lowest BCUT2D eigenvalue weighted by Crippen LogP contribution is -2.37. The molecule has 2 aromatic heterocycles. The number of ether oxygens (including phenoxy) is 1. The van der Waals surface area contributed by atoms with Crippen molar-refractivity contribution < 1.29 is 4.74 Å². The van der Waals surface area contributed by atoms with Gasteiger partial charge in [0.2, 0.25) is 5.88 Å². The summed E-state index contributed by atoms with van der Waals surface area (Å²) in [6, 6.07) is 0.387. The molecule has 0 amide bonds. The van der Waals surface area contributed by atoms with Gasteiger partial charge in [0.05, 0.1) is 18.5 Å². The van der Waals surface area contributed by atoms with Gasteiger partial charge in [0.1, 0.15) is 17.2 Å². The van der Waals surface area contributed by atoms with Crippen molar-refractivity contribution in [1.82, 2.24) is 24.5 Å². The normalized spacial score (nSPS) is 18.3. The van der Waals surface area contributed by atoms with Crippen LogP contribution in [0.4, 0.5) is 0 Å². The zero-order valence-corrected chi connectivity index (χ0v) is 12.0. The number of methoxy groups -OCH3 is 1. The van der Waals surface area contributed by atoms with E-state index in [1.807, 2.05) is 4.68 Å². The van der Waals surface area contributed by atoms with Crippen molar-refractivity contribution in [1.29, 1.82) is 0 Å². The first-order valence-electron chi connectivity index (χ1n) is 6.06. The van der Waals surface area contributed by atoms with Gasteiger partial charge in [0.15, 0.2) is 0 Å². The van der Waals surface area contributed by atoms with E-state index < -0.39 is 0 Å². The standard InChI is InChI=1S/C11H14ClN5OS/c1-18-11-10(12)8(19-16-11)4-13-7-2-3-9-14-6-15-17(9)5-7/h6-7,13H,2-5H2,1H3. The van der Waals surface area contributed by atoms with Crippen LogP contribution in [-0.4, -0.2) is 32.3 Å². The maximum absolute atomic E-state index is 6.16. The van der Waals surface area contributed by atoms with Gasteiger partial charge in [-0.15, -0.1) is 0 Å². The summed E-state index contributed by atoms with van der Waals surface area (Å²) in [6.07, 6.45) is 3.63. The zero-order chi connectivity index (χ0) is 13.2. The van der Waals surface area contributed by atoms with Crippen LogP contribution in [0.2, 0.25) is 5.02 Å². The van der Waals surface area contributed by atoms with Crippen molar-refractivity contribution in [2.24, 2.45) is 0 Å². The van der Waals surface area contributed by atoms with Crippen molar-refractivity contribution >= 4 is 23.1 Å². The Balaban J connectivity index is 1.60. The summed E-state index contributed by atoms with van der Waals surface area (Å²) in [5.41, 5.74) is 0. The van der Waals surface area contributed by atoms with Gasteiger partial charge in [-0.3, -0.25) is 0 Å². The Hall–Kier alpha value is -1.18. The first-order valence-corrected chi connectivity index (χ1v) is 7.21. The van der Waals surface area contributed by atoms with E-state index in [9.17, 15) is 0 Å². The minimum Gasteiger partial charge on any atom is -0.479 e. The van der Waals surface area contributed by atoms with Gasteiger partial charge >= 0.3 is 0 Å². The average Bonchev–Trinajstić information content (AvgIpc) is 3.02. The second kappa shape index (κ2) is 5.44. The molecule has 0 fully saturated rings. The number of hydrogen-bond donors (Lipinski definition) is 1. The highest BCUT2D eigenvalue weighted by Gasteiger charge is 2.20. The fourth-order valence-corrected chi connectivity index (χ4v) is 3.19. The number of rotatable bonds is 4. The number of nitrogens with one attached hydrogen (secondary N) is 1. The van der Waals surface area contributed by atoms with Crippen molar-refractivity contribution in [2.45, 2.75) is 32.0 Å². The van der Waals surface area contributed by atoms with Crippen molar-refractivity contribution in [3.05, 3.63) is 22.1 Å². The number of aromatic nitrogens is 4. The van der Waals surface area contributed by atoms with Gasteiger partial charge in [-0.1, -0.05) is 11.6 Å². The third kappa shape index (κ3) is 2.58. The van der Waals surface area contributed by atoms with E-state index in [2.05, 4.69) is 19.8 Å². The molecule has 1 aliphatic heterocycles. The molecule has 3 heterocycles. The molecule has 102 valence electrons. The van der Waals surface area contributed by atoms with Crippen LogP contribution in [0.15, 0.2) is 6.33 Å². The summed E-state index contributed by atoms with van der Waals surface area (Å²) in [4.78, 5) is 5.22. The van der Waals surface area contributed by atoms with Gasteiger partial charge in [-0.05, 0) is 18.0 Å². The van der Waals surface area contributed by atoms with Crippen LogP contribution in [0.1, 0.15) is 17.1 Å². The van der Waals surface area contributed by atoms with Crippen LogP contribution in [-0.2, 0) is 19.5 Å². The maximum Gasteiger partial charge on any atom is 0.244 e. The second-order valence-electron chi connectivity index (χ2n) is 4.40. The Morgan fingerprint density at radius 2 is 2.53 bits per heavy atom. The molecule has 1 N–H and O–H groups in total. The quantitative estimate of drug-likeness (QED) is 0.927. The highest BCUT2D eigenvalue weighted by Crippen LogP contribution is 2.30. The minimum absolute atomic E-state index is 0.387. The van der Waals surface area contributed by atoms with E-state index in [0.717, 1.165) is 30.1 Å². The van der Waals surface area contributed by atoms with Crippen LogP contribution in [0, 0.1) is 0 Å². The van der Waals surface area contributed by atoms with Crippen molar-refractivity contribution in [3.63, 3.8) is 0 Å². The molecule has 0 saturated heterocycles. The molecule has 3 rings (SSSR count). The third-order valence-electron chi connectivity index (χ3n) is 3.22. The summed E-state index contributed by atoms with van der Waals surface area (Å²) in [5, 5.41) is 8.30. The molecule has 0 saturated carbocycles. The fraction of sp³-hybridized carbons (Fsp3) is 0.545. The molecule has 2 aromatic rings. The van der Waals surface area contributed by atoms with E-state index in [4.69, 9.17) is 16.3 Å².